The number of hydrogen-bond donors (Lipinski definition) is 1. The highest BCUT2D eigenvalue weighted by Gasteiger charge is 2.24. The minimum Gasteiger partial charge on any atom is -0.461 e. The molecule has 0 atom stereocenters. The minimum atomic E-state index is -0.625. The molecule has 1 aliphatic rings. The zero-order valence-corrected chi connectivity index (χ0v) is 12.4. The van der Waals surface area contributed by atoms with Crippen molar-refractivity contribution in [2.75, 3.05) is 25.4 Å². The molecule has 1 fully saturated rings. The summed E-state index contributed by atoms with van der Waals surface area (Å²) in [4.78, 5) is 25.6. The Morgan fingerprint density at radius 3 is 2.67 bits per heavy atom. The molecule has 1 aromatic heterocycles. The smallest absolute Gasteiger partial charge is 0.362 e. The predicted octanol–water partition coefficient (Wildman–Crippen LogP) is 0.296. The molecule has 2 N–H and O–H groups in total. The number of rotatable bonds is 4. The second-order valence-corrected chi connectivity index (χ2v) is 5.26. The normalized spacial score (nSPS) is 16.0. The fraction of sp³-hybridized carbons (Fsp3) is 0.692. The summed E-state index contributed by atoms with van der Waals surface area (Å²) in [5.74, 6) is 0.0301. The molecule has 1 saturated heterocycles. The van der Waals surface area contributed by atoms with E-state index in [1.54, 1.807) is 11.8 Å². The van der Waals surface area contributed by atoms with Crippen LogP contribution in [0.2, 0.25) is 0 Å². The van der Waals surface area contributed by atoms with Crippen molar-refractivity contribution in [2.24, 2.45) is 5.92 Å². The number of hydrogen-bond acceptors (Lipinski definition) is 6. The maximum atomic E-state index is 12.2. The van der Waals surface area contributed by atoms with Gasteiger partial charge < -0.3 is 15.4 Å². The first kappa shape index (κ1) is 15.3. The zero-order valence-electron chi connectivity index (χ0n) is 12.4. The van der Waals surface area contributed by atoms with Crippen molar-refractivity contribution in [1.82, 2.24) is 19.9 Å². The van der Waals surface area contributed by atoms with Gasteiger partial charge in [0.2, 0.25) is 11.6 Å². The molecule has 1 amide bonds. The number of likely N-dealkylation sites (tertiary alicyclic amines) is 1. The van der Waals surface area contributed by atoms with Crippen LogP contribution in [0.1, 0.15) is 37.2 Å². The second kappa shape index (κ2) is 6.55. The van der Waals surface area contributed by atoms with Crippen molar-refractivity contribution in [1.29, 1.82) is 0 Å². The van der Waals surface area contributed by atoms with Crippen molar-refractivity contribution in [2.45, 2.75) is 33.2 Å². The number of carbonyl (C=O) groups excluding carboxylic acids is 2. The Bertz CT molecular complexity index is 520. The van der Waals surface area contributed by atoms with Gasteiger partial charge in [-0.1, -0.05) is 12.1 Å². The molecule has 0 saturated carbocycles. The van der Waals surface area contributed by atoms with E-state index in [-0.39, 0.29) is 30.6 Å². The predicted molar refractivity (Wildman–Crippen MR) is 75.4 cm³/mol. The molecule has 21 heavy (non-hydrogen) atoms. The Balaban J connectivity index is 2.00. The highest BCUT2D eigenvalue weighted by molar-refractivity contribution is 5.92. The molecule has 0 aliphatic carbocycles. The maximum absolute atomic E-state index is 12.2. The summed E-state index contributed by atoms with van der Waals surface area (Å²) < 4.78 is 6.07. The van der Waals surface area contributed by atoms with Crippen LogP contribution >= 0.6 is 0 Å². The number of ether oxygens (including phenoxy) is 1. The Morgan fingerprint density at radius 1 is 1.38 bits per heavy atom. The van der Waals surface area contributed by atoms with Crippen LogP contribution < -0.4 is 5.73 Å². The van der Waals surface area contributed by atoms with Gasteiger partial charge in [0, 0.05) is 13.1 Å². The molecule has 0 bridgehead atoms. The topological polar surface area (TPSA) is 103 Å². The van der Waals surface area contributed by atoms with E-state index in [2.05, 4.69) is 17.2 Å². The van der Waals surface area contributed by atoms with Crippen molar-refractivity contribution in [3.8, 4) is 0 Å². The van der Waals surface area contributed by atoms with E-state index in [9.17, 15) is 9.59 Å². The van der Waals surface area contributed by atoms with Crippen LogP contribution in [0, 0.1) is 5.92 Å². The van der Waals surface area contributed by atoms with Gasteiger partial charge in [-0.25, -0.2) is 9.48 Å². The van der Waals surface area contributed by atoms with E-state index >= 15 is 0 Å². The first-order valence-electron chi connectivity index (χ1n) is 7.16. The molecule has 1 aliphatic heterocycles. The Morgan fingerprint density at radius 2 is 2.05 bits per heavy atom. The quantitative estimate of drug-likeness (QED) is 0.801. The van der Waals surface area contributed by atoms with Gasteiger partial charge in [0.15, 0.2) is 5.82 Å². The third-order valence-electron chi connectivity index (χ3n) is 3.66. The molecule has 8 heteroatoms. The number of nitrogen functional groups attached to an aromatic ring is 1. The second-order valence-electron chi connectivity index (χ2n) is 5.26. The molecule has 116 valence electrons. The Kier molecular flexibility index (Phi) is 4.77. The van der Waals surface area contributed by atoms with E-state index in [0.29, 0.717) is 5.92 Å². The fourth-order valence-electron chi connectivity index (χ4n) is 2.27. The molecule has 2 rings (SSSR count). The largest absolute Gasteiger partial charge is 0.461 e. The number of anilines is 1. The first-order chi connectivity index (χ1) is 10.0. The molecule has 2 heterocycles. The van der Waals surface area contributed by atoms with Crippen LogP contribution in [0.25, 0.3) is 0 Å². The highest BCUT2D eigenvalue weighted by Crippen LogP contribution is 2.17. The number of aromatic nitrogens is 3. The summed E-state index contributed by atoms with van der Waals surface area (Å²) in [6.45, 7) is 5.60. The molecule has 0 unspecified atom stereocenters. The molecule has 0 aromatic carbocycles. The van der Waals surface area contributed by atoms with Gasteiger partial charge in [-0.2, -0.15) is 0 Å². The van der Waals surface area contributed by atoms with E-state index < -0.39 is 5.97 Å². The summed E-state index contributed by atoms with van der Waals surface area (Å²) in [5, 5.41) is 7.45. The summed E-state index contributed by atoms with van der Waals surface area (Å²) in [7, 11) is 0. The number of nitrogens with two attached hydrogens (primary N) is 1. The number of esters is 1. The summed E-state index contributed by atoms with van der Waals surface area (Å²) >= 11 is 0. The van der Waals surface area contributed by atoms with Crippen LogP contribution in [0.5, 0.6) is 0 Å². The lowest BCUT2D eigenvalue weighted by Crippen LogP contribution is -2.40. The Hall–Kier alpha value is -2.12. The van der Waals surface area contributed by atoms with Crippen molar-refractivity contribution >= 4 is 17.7 Å². The van der Waals surface area contributed by atoms with Gasteiger partial charge in [-0.15, -0.1) is 5.10 Å². The highest BCUT2D eigenvalue weighted by atomic mass is 16.5. The van der Waals surface area contributed by atoms with Gasteiger partial charge in [0.05, 0.1) is 6.61 Å². The van der Waals surface area contributed by atoms with E-state index in [1.807, 2.05) is 0 Å². The molecule has 1 aromatic rings. The third kappa shape index (κ3) is 3.50. The van der Waals surface area contributed by atoms with Gasteiger partial charge in [0.1, 0.15) is 6.54 Å². The molecule has 8 nitrogen and oxygen atoms in total. The monoisotopic (exact) mass is 295 g/mol. The van der Waals surface area contributed by atoms with Crippen LogP contribution in [-0.4, -0.2) is 51.5 Å². The van der Waals surface area contributed by atoms with Gasteiger partial charge in [-0.05, 0) is 25.7 Å². The van der Waals surface area contributed by atoms with E-state index in [4.69, 9.17) is 10.5 Å². The van der Waals surface area contributed by atoms with Crippen LogP contribution in [0.3, 0.4) is 0 Å². The number of amides is 1. The first-order valence-corrected chi connectivity index (χ1v) is 7.16. The van der Waals surface area contributed by atoms with Crippen molar-refractivity contribution < 1.29 is 14.3 Å². The van der Waals surface area contributed by atoms with E-state index in [0.717, 1.165) is 25.9 Å². The zero-order chi connectivity index (χ0) is 15.4. The summed E-state index contributed by atoms with van der Waals surface area (Å²) in [6, 6.07) is 0. The number of piperidine rings is 1. The molecular weight excluding hydrogens is 274 g/mol. The van der Waals surface area contributed by atoms with Gasteiger partial charge in [-0.3, -0.25) is 4.79 Å². The lowest BCUT2D eigenvalue weighted by atomic mass is 9.99. The van der Waals surface area contributed by atoms with Crippen molar-refractivity contribution in [3.05, 3.63) is 5.69 Å². The molecule has 0 radical (unpaired) electrons. The maximum Gasteiger partial charge on any atom is 0.362 e. The van der Waals surface area contributed by atoms with Gasteiger partial charge in [0.25, 0.3) is 0 Å². The van der Waals surface area contributed by atoms with Crippen molar-refractivity contribution in [3.63, 3.8) is 0 Å². The SMILES string of the molecule is CCOC(=O)c1nnn(CC(=O)N2CCC(C)CC2)c1N. The summed E-state index contributed by atoms with van der Waals surface area (Å²) in [6.07, 6.45) is 2.01. The lowest BCUT2D eigenvalue weighted by molar-refractivity contribution is -0.133. The average molecular weight is 295 g/mol. The Labute approximate surface area is 123 Å². The molecule has 0 spiro atoms. The molecular formula is C13H21N5O3. The van der Waals surface area contributed by atoms with Gasteiger partial charge >= 0.3 is 5.97 Å². The van der Waals surface area contributed by atoms with Crippen LogP contribution in [0.4, 0.5) is 5.82 Å². The standard InChI is InChI=1S/C13H21N5O3/c1-3-21-13(20)11-12(14)18(16-15-11)8-10(19)17-6-4-9(2)5-7-17/h9H,3-8,14H2,1-2H3. The number of nitrogens with zero attached hydrogens (tertiary/aromatic N) is 4. The van der Waals surface area contributed by atoms with Crippen LogP contribution in [-0.2, 0) is 16.1 Å². The number of carbonyl (C=O) groups is 2. The van der Waals surface area contributed by atoms with Crippen LogP contribution in [0.15, 0.2) is 0 Å². The third-order valence-corrected chi connectivity index (χ3v) is 3.66. The minimum absolute atomic E-state index is 0.00732. The summed E-state index contributed by atoms with van der Waals surface area (Å²) in [5.41, 5.74) is 5.76. The lowest BCUT2D eigenvalue weighted by Gasteiger charge is -2.30. The average Bonchev–Trinajstić information content (AvgIpc) is 2.81. The van der Waals surface area contributed by atoms with E-state index in [1.165, 1.54) is 4.68 Å². The fourth-order valence-corrected chi connectivity index (χ4v) is 2.27.